The molecule has 16 heavy (non-hydrogen) atoms. The Labute approximate surface area is 103 Å². The number of ether oxygens (including phenoxy) is 1. The number of aromatic nitrogens is 2. The van der Waals surface area contributed by atoms with Gasteiger partial charge in [-0.05, 0) is 29.3 Å². The van der Waals surface area contributed by atoms with E-state index in [1.54, 1.807) is 6.33 Å². The van der Waals surface area contributed by atoms with Crippen molar-refractivity contribution < 1.29 is 4.74 Å². The summed E-state index contributed by atoms with van der Waals surface area (Å²) in [4.78, 5) is 8.38. The van der Waals surface area contributed by atoms with E-state index in [1.165, 1.54) is 0 Å². The van der Waals surface area contributed by atoms with E-state index < -0.39 is 0 Å². The van der Waals surface area contributed by atoms with Crippen molar-refractivity contribution in [1.29, 1.82) is 0 Å². The van der Waals surface area contributed by atoms with Gasteiger partial charge in [-0.1, -0.05) is 0 Å². The van der Waals surface area contributed by atoms with Gasteiger partial charge in [-0.2, -0.15) is 0 Å². The van der Waals surface area contributed by atoms with Crippen molar-refractivity contribution in [3.05, 3.63) is 10.8 Å². The molecule has 0 amide bonds. The lowest BCUT2D eigenvalue weighted by Gasteiger charge is -2.14. The van der Waals surface area contributed by atoms with Crippen LogP contribution in [0.25, 0.3) is 0 Å². The molecule has 5 nitrogen and oxygen atoms in total. The number of nitrogens with one attached hydrogen (secondary N) is 2. The molecular weight excluding hydrogens is 272 g/mol. The van der Waals surface area contributed by atoms with Crippen LogP contribution in [0.1, 0.15) is 13.3 Å². The van der Waals surface area contributed by atoms with E-state index in [0.717, 1.165) is 42.3 Å². The Hall–Kier alpha value is -0.880. The molecule has 88 valence electrons. The van der Waals surface area contributed by atoms with Crippen molar-refractivity contribution in [1.82, 2.24) is 9.97 Å². The van der Waals surface area contributed by atoms with Gasteiger partial charge in [-0.3, -0.25) is 0 Å². The van der Waals surface area contributed by atoms with Crippen molar-refractivity contribution in [2.45, 2.75) is 19.4 Å². The SMILES string of the molecule is CCNc1ncnc(NC2CCOC2)c1Br. The van der Waals surface area contributed by atoms with Gasteiger partial charge in [0, 0.05) is 13.2 Å². The van der Waals surface area contributed by atoms with Gasteiger partial charge in [0.05, 0.1) is 12.6 Å². The fourth-order valence-corrected chi connectivity index (χ4v) is 2.06. The highest BCUT2D eigenvalue weighted by molar-refractivity contribution is 9.10. The number of anilines is 2. The van der Waals surface area contributed by atoms with Gasteiger partial charge < -0.3 is 15.4 Å². The fraction of sp³-hybridized carbons (Fsp3) is 0.600. The minimum atomic E-state index is 0.348. The van der Waals surface area contributed by atoms with E-state index in [1.807, 2.05) is 6.92 Å². The van der Waals surface area contributed by atoms with E-state index in [4.69, 9.17) is 4.74 Å². The molecule has 1 aliphatic rings. The lowest BCUT2D eigenvalue weighted by atomic mass is 10.2. The zero-order valence-corrected chi connectivity index (χ0v) is 10.7. The van der Waals surface area contributed by atoms with Crippen molar-refractivity contribution >= 4 is 27.6 Å². The van der Waals surface area contributed by atoms with Crippen LogP contribution in [0.5, 0.6) is 0 Å². The first-order valence-electron chi connectivity index (χ1n) is 5.40. The van der Waals surface area contributed by atoms with E-state index in [9.17, 15) is 0 Å². The van der Waals surface area contributed by atoms with Crippen LogP contribution in [0.15, 0.2) is 10.8 Å². The summed E-state index contributed by atoms with van der Waals surface area (Å²) in [5.74, 6) is 1.64. The Morgan fingerprint density at radius 3 is 3.00 bits per heavy atom. The molecule has 0 aromatic carbocycles. The predicted molar refractivity (Wildman–Crippen MR) is 66.7 cm³/mol. The monoisotopic (exact) mass is 286 g/mol. The average Bonchev–Trinajstić information content (AvgIpc) is 2.77. The summed E-state index contributed by atoms with van der Waals surface area (Å²) in [7, 11) is 0. The molecule has 1 aliphatic heterocycles. The Balaban J connectivity index is 2.10. The fourth-order valence-electron chi connectivity index (χ4n) is 1.60. The maximum Gasteiger partial charge on any atom is 0.146 e. The molecule has 1 atom stereocenters. The highest BCUT2D eigenvalue weighted by Gasteiger charge is 2.17. The topological polar surface area (TPSA) is 59.1 Å². The summed E-state index contributed by atoms with van der Waals surface area (Å²) in [5, 5.41) is 6.52. The average molecular weight is 287 g/mol. The number of rotatable bonds is 4. The van der Waals surface area contributed by atoms with Crippen molar-refractivity contribution in [3.8, 4) is 0 Å². The normalized spacial score (nSPS) is 19.8. The molecule has 2 N–H and O–H groups in total. The molecule has 0 bridgehead atoms. The van der Waals surface area contributed by atoms with Gasteiger partial charge in [-0.25, -0.2) is 9.97 Å². The lowest BCUT2D eigenvalue weighted by molar-refractivity contribution is 0.195. The van der Waals surface area contributed by atoms with Crippen molar-refractivity contribution in [3.63, 3.8) is 0 Å². The second kappa shape index (κ2) is 5.45. The predicted octanol–water partition coefficient (Wildman–Crippen LogP) is 1.87. The van der Waals surface area contributed by atoms with E-state index in [-0.39, 0.29) is 0 Å². The van der Waals surface area contributed by atoms with Gasteiger partial charge in [-0.15, -0.1) is 0 Å². The van der Waals surface area contributed by atoms with Gasteiger partial charge in [0.15, 0.2) is 0 Å². The molecule has 2 rings (SSSR count). The number of hydrogen-bond donors (Lipinski definition) is 2. The zero-order chi connectivity index (χ0) is 11.4. The van der Waals surface area contributed by atoms with Gasteiger partial charge in [0.2, 0.25) is 0 Å². The molecule has 1 aromatic rings. The second-order valence-electron chi connectivity index (χ2n) is 3.62. The third-order valence-corrected chi connectivity index (χ3v) is 3.16. The summed E-state index contributed by atoms with van der Waals surface area (Å²) in [6.45, 7) is 4.43. The molecule has 2 heterocycles. The van der Waals surface area contributed by atoms with Crippen LogP contribution >= 0.6 is 15.9 Å². The Bertz CT molecular complexity index is 355. The molecule has 0 radical (unpaired) electrons. The number of hydrogen-bond acceptors (Lipinski definition) is 5. The first-order chi connectivity index (χ1) is 7.81. The van der Waals surface area contributed by atoms with Crippen molar-refractivity contribution in [2.24, 2.45) is 0 Å². The van der Waals surface area contributed by atoms with Crippen molar-refractivity contribution in [2.75, 3.05) is 30.4 Å². The summed E-state index contributed by atoms with van der Waals surface area (Å²) in [6, 6.07) is 0.348. The van der Waals surface area contributed by atoms with E-state index >= 15 is 0 Å². The molecule has 0 spiro atoms. The third kappa shape index (κ3) is 2.62. The van der Waals surface area contributed by atoms with Crippen LogP contribution in [0.3, 0.4) is 0 Å². The van der Waals surface area contributed by atoms with Crippen LogP contribution in [0.4, 0.5) is 11.6 Å². The zero-order valence-electron chi connectivity index (χ0n) is 9.16. The van der Waals surface area contributed by atoms with Crippen LogP contribution in [-0.4, -0.2) is 35.8 Å². The van der Waals surface area contributed by atoms with E-state index in [0.29, 0.717) is 6.04 Å². The highest BCUT2D eigenvalue weighted by atomic mass is 79.9. The van der Waals surface area contributed by atoms with Gasteiger partial charge in [0.1, 0.15) is 22.4 Å². The highest BCUT2D eigenvalue weighted by Crippen LogP contribution is 2.27. The number of nitrogens with zero attached hydrogens (tertiary/aromatic N) is 2. The maximum atomic E-state index is 5.31. The first kappa shape index (κ1) is 11.6. The molecule has 1 aromatic heterocycles. The van der Waals surface area contributed by atoms with Crippen LogP contribution in [-0.2, 0) is 4.74 Å². The molecular formula is C10H15BrN4O. The first-order valence-corrected chi connectivity index (χ1v) is 6.19. The standard InChI is InChI=1S/C10H15BrN4O/c1-2-12-9-8(11)10(14-6-13-9)15-7-3-4-16-5-7/h6-7H,2-5H2,1H3,(H2,12,13,14,15). The quantitative estimate of drug-likeness (QED) is 0.885. The molecule has 6 heteroatoms. The molecule has 1 saturated heterocycles. The Morgan fingerprint density at radius 2 is 2.31 bits per heavy atom. The maximum absolute atomic E-state index is 5.31. The van der Waals surface area contributed by atoms with Crippen LogP contribution in [0, 0.1) is 0 Å². The summed E-state index contributed by atoms with van der Waals surface area (Å²) >= 11 is 3.50. The Morgan fingerprint density at radius 1 is 1.50 bits per heavy atom. The number of halogens is 1. The van der Waals surface area contributed by atoms with Gasteiger partial charge in [0.25, 0.3) is 0 Å². The molecule has 1 fully saturated rings. The molecule has 0 saturated carbocycles. The van der Waals surface area contributed by atoms with Crippen LogP contribution in [0.2, 0.25) is 0 Å². The molecule has 1 unspecified atom stereocenters. The minimum absolute atomic E-state index is 0.348. The minimum Gasteiger partial charge on any atom is -0.379 e. The second-order valence-corrected chi connectivity index (χ2v) is 4.41. The lowest BCUT2D eigenvalue weighted by Crippen LogP contribution is -2.20. The molecule has 0 aliphatic carbocycles. The van der Waals surface area contributed by atoms with E-state index in [2.05, 4.69) is 36.5 Å². The Kier molecular flexibility index (Phi) is 3.95. The van der Waals surface area contributed by atoms with Crippen LogP contribution < -0.4 is 10.6 Å². The van der Waals surface area contributed by atoms with Gasteiger partial charge >= 0.3 is 0 Å². The largest absolute Gasteiger partial charge is 0.379 e. The summed E-state index contributed by atoms with van der Waals surface area (Å²) < 4.78 is 6.19. The third-order valence-electron chi connectivity index (χ3n) is 2.40. The summed E-state index contributed by atoms with van der Waals surface area (Å²) in [6.07, 6.45) is 2.58. The summed E-state index contributed by atoms with van der Waals surface area (Å²) in [5.41, 5.74) is 0. The smallest absolute Gasteiger partial charge is 0.146 e.